The molecule has 0 aliphatic carbocycles. The van der Waals surface area contributed by atoms with Gasteiger partial charge in [0.1, 0.15) is 10.3 Å². The molecular formula is C15H15N3O5S2. The molecule has 0 spiro atoms. The summed E-state index contributed by atoms with van der Waals surface area (Å²) in [7, 11) is -3.72. The summed E-state index contributed by atoms with van der Waals surface area (Å²) < 4.78 is 26.7. The second-order valence-corrected chi connectivity index (χ2v) is 8.57. The van der Waals surface area contributed by atoms with E-state index in [1.165, 1.54) is 34.6 Å². The van der Waals surface area contributed by atoms with E-state index < -0.39 is 26.9 Å². The van der Waals surface area contributed by atoms with Crippen molar-refractivity contribution in [3.8, 4) is 0 Å². The van der Waals surface area contributed by atoms with Gasteiger partial charge in [-0.05, 0) is 30.4 Å². The second-order valence-electron chi connectivity index (χ2n) is 5.50. The van der Waals surface area contributed by atoms with Gasteiger partial charge in [0.05, 0.1) is 4.92 Å². The Kier molecular flexibility index (Phi) is 4.84. The van der Waals surface area contributed by atoms with E-state index in [1.54, 1.807) is 11.4 Å². The van der Waals surface area contributed by atoms with E-state index in [4.69, 9.17) is 0 Å². The number of non-ortho nitro benzene ring substituents is 1. The van der Waals surface area contributed by atoms with Crippen LogP contribution >= 0.6 is 11.3 Å². The van der Waals surface area contributed by atoms with Crippen molar-refractivity contribution in [1.82, 2.24) is 4.31 Å². The maximum atomic E-state index is 12.7. The predicted molar refractivity (Wildman–Crippen MR) is 93.0 cm³/mol. The molecule has 8 nitrogen and oxygen atoms in total. The van der Waals surface area contributed by atoms with Gasteiger partial charge >= 0.3 is 0 Å². The standard InChI is InChI=1S/C15H15N3O5S2/c19-15(16-11-4-1-5-12(10-11)18(20)21)13-6-2-8-17(13)25(22,23)14-7-3-9-24-14/h1,3-5,7,9-10,13H,2,6,8H2,(H,16,19)/t13-/m1/s1. The molecule has 0 unspecified atom stereocenters. The molecule has 0 radical (unpaired) electrons. The highest BCUT2D eigenvalue weighted by Crippen LogP contribution is 2.29. The van der Waals surface area contributed by atoms with Gasteiger partial charge in [0.15, 0.2) is 0 Å². The second kappa shape index (κ2) is 6.90. The summed E-state index contributed by atoms with van der Waals surface area (Å²) in [6.45, 7) is 0.271. The first-order chi connectivity index (χ1) is 11.9. The van der Waals surface area contributed by atoms with Crippen LogP contribution in [0.2, 0.25) is 0 Å². The molecule has 1 aromatic carbocycles. The Labute approximate surface area is 148 Å². The number of nitrogens with zero attached hydrogens (tertiary/aromatic N) is 2. The molecule has 2 aromatic rings. The predicted octanol–water partition coefficient (Wildman–Crippen LogP) is 2.45. The number of nitrogens with one attached hydrogen (secondary N) is 1. The first-order valence-corrected chi connectivity index (χ1v) is 9.82. The first-order valence-electron chi connectivity index (χ1n) is 7.50. The highest BCUT2D eigenvalue weighted by atomic mass is 32.2. The number of sulfonamides is 1. The van der Waals surface area contributed by atoms with E-state index >= 15 is 0 Å². The molecule has 0 bridgehead atoms. The molecule has 1 aliphatic rings. The van der Waals surface area contributed by atoms with E-state index in [0.717, 1.165) is 11.3 Å². The SMILES string of the molecule is O=C(Nc1cccc([N+](=O)[O-])c1)[C@H]1CCCN1S(=O)(=O)c1cccs1. The van der Waals surface area contributed by atoms with E-state index in [2.05, 4.69) is 5.32 Å². The van der Waals surface area contributed by atoms with Crippen LogP contribution in [0.1, 0.15) is 12.8 Å². The molecule has 3 rings (SSSR count). The molecule has 10 heteroatoms. The maximum Gasteiger partial charge on any atom is 0.271 e. The Hall–Kier alpha value is -2.30. The van der Waals surface area contributed by atoms with Crippen LogP contribution in [-0.2, 0) is 14.8 Å². The summed E-state index contributed by atoms with van der Waals surface area (Å²) in [6, 6.07) is 7.87. The van der Waals surface area contributed by atoms with Crippen molar-refractivity contribution in [3.05, 3.63) is 51.9 Å². The Morgan fingerprint density at radius 2 is 2.12 bits per heavy atom. The van der Waals surface area contributed by atoms with Gasteiger partial charge in [0.25, 0.3) is 15.7 Å². The van der Waals surface area contributed by atoms with Crippen LogP contribution in [0.4, 0.5) is 11.4 Å². The molecule has 25 heavy (non-hydrogen) atoms. The van der Waals surface area contributed by atoms with Crippen LogP contribution in [0.3, 0.4) is 0 Å². The van der Waals surface area contributed by atoms with Gasteiger partial charge in [0.2, 0.25) is 5.91 Å². The van der Waals surface area contributed by atoms with E-state index in [-0.39, 0.29) is 22.1 Å². The molecule has 2 heterocycles. The monoisotopic (exact) mass is 381 g/mol. The zero-order valence-corrected chi connectivity index (χ0v) is 14.6. The van der Waals surface area contributed by atoms with E-state index in [1.807, 2.05) is 0 Å². The molecule has 1 atom stereocenters. The van der Waals surface area contributed by atoms with Crippen LogP contribution in [-0.4, -0.2) is 36.1 Å². The summed E-state index contributed by atoms with van der Waals surface area (Å²) in [4.78, 5) is 22.8. The zero-order valence-electron chi connectivity index (χ0n) is 13.0. The summed E-state index contributed by atoms with van der Waals surface area (Å²) in [5.74, 6) is -0.488. The van der Waals surface area contributed by atoms with Crippen molar-refractivity contribution in [2.45, 2.75) is 23.1 Å². The number of carbonyl (C=O) groups is 1. The minimum Gasteiger partial charge on any atom is -0.324 e. The number of hydrogen-bond donors (Lipinski definition) is 1. The highest BCUT2D eigenvalue weighted by molar-refractivity contribution is 7.91. The molecule has 1 N–H and O–H groups in total. The lowest BCUT2D eigenvalue weighted by Gasteiger charge is -2.22. The number of hydrogen-bond acceptors (Lipinski definition) is 6. The molecule has 1 saturated heterocycles. The van der Waals surface area contributed by atoms with Crippen LogP contribution in [0.15, 0.2) is 46.0 Å². The van der Waals surface area contributed by atoms with Gasteiger partial charge < -0.3 is 5.32 Å². The minimum absolute atomic E-state index is 0.146. The lowest BCUT2D eigenvalue weighted by molar-refractivity contribution is -0.384. The third kappa shape index (κ3) is 3.55. The molecular weight excluding hydrogens is 366 g/mol. The smallest absolute Gasteiger partial charge is 0.271 e. The molecule has 132 valence electrons. The number of nitro groups is 1. The Bertz CT molecular complexity index is 896. The number of carbonyl (C=O) groups excluding carboxylic acids is 1. The van der Waals surface area contributed by atoms with Crippen LogP contribution in [0.25, 0.3) is 0 Å². The van der Waals surface area contributed by atoms with Gasteiger partial charge in [0, 0.05) is 24.4 Å². The molecule has 1 aliphatic heterocycles. The molecule has 1 fully saturated rings. The zero-order chi connectivity index (χ0) is 18.0. The number of benzene rings is 1. The van der Waals surface area contributed by atoms with Gasteiger partial charge in [-0.25, -0.2) is 8.42 Å². The fourth-order valence-electron chi connectivity index (χ4n) is 2.74. The van der Waals surface area contributed by atoms with Crippen LogP contribution < -0.4 is 5.32 Å². The summed E-state index contributed by atoms with van der Waals surface area (Å²) >= 11 is 1.10. The summed E-state index contributed by atoms with van der Waals surface area (Å²) in [5, 5.41) is 15.1. The van der Waals surface area contributed by atoms with E-state index in [9.17, 15) is 23.3 Å². The van der Waals surface area contributed by atoms with E-state index in [0.29, 0.717) is 12.8 Å². The number of nitro benzene ring substituents is 1. The minimum atomic E-state index is -3.72. The van der Waals surface area contributed by atoms with Crippen molar-refractivity contribution in [3.63, 3.8) is 0 Å². The summed E-state index contributed by atoms with van der Waals surface area (Å²) in [5.41, 5.74) is 0.117. The van der Waals surface area contributed by atoms with Crippen LogP contribution in [0, 0.1) is 10.1 Å². The largest absolute Gasteiger partial charge is 0.324 e. The van der Waals surface area contributed by atoms with Gasteiger partial charge in [-0.15, -0.1) is 11.3 Å². The first kappa shape index (κ1) is 17.5. The lowest BCUT2D eigenvalue weighted by atomic mass is 10.2. The molecule has 1 aromatic heterocycles. The Balaban J connectivity index is 1.80. The molecule has 1 amide bonds. The normalized spacial score (nSPS) is 18.2. The third-order valence-corrected chi connectivity index (χ3v) is 7.17. The van der Waals surface area contributed by atoms with Gasteiger partial charge in [-0.2, -0.15) is 4.31 Å². The fraction of sp³-hybridized carbons (Fsp3) is 0.267. The number of rotatable bonds is 5. The van der Waals surface area contributed by atoms with Crippen LogP contribution in [0.5, 0.6) is 0 Å². The number of thiophene rings is 1. The highest BCUT2D eigenvalue weighted by Gasteiger charge is 2.39. The fourth-order valence-corrected chi connectivity index (χ4v) is 5.51. The third-order valence-electron chi connectivity index (χ3n) is 3.89. The van der Waals surface area contributed by atoms with Crippen molar-refractivity contribution in [2.75, 3.05) is 11.9 Å². The summed E-state index contributed by atoms with van der Waals surface area (Å²) in [6.07, 6.45) is 0.989. The van der Waals surface area contributed by atoms with Gasteiger partial charge in [-0.3, -0.25) is 14.9 Å². The van der Waals surface area contributed by atoms with Crippen molar-refractivity contribution < 1.29 is 18.1 Å². The Morgan fingerprint density at radius 3 is 2.80 bits per heavy atom. The number of anilines is 1. The topological polar surface area (TPSA) is 110 Å². The van der Waals surface area contributed by atoms with Crippen molar-refractivity contribution in [1.29, 1.82) is 0 Å². The van der Waals surface area contributed by atoms with Crippen molar-refractivity contribution >= 4 is 38.6 Å². The number of amides is 1. The average molecular weight is 381 g/mol. The van der Waals surface area contributed by atoms with Gasteiger partial charge in [-0.1, -0.05) is 12.1 Å². The quantitative estimate of drug-likeness (QED) is 0.632. The lowest BCUT2D eigenvalue weighted by Crippen LogP contribution is -2.42. The van der Waals surface area contributed by atoms with Crippen molar-refractivity contribution in [2.24, 2.45) is 0 Å². The average Bonchev–Trinajstić information content (AvgIpc) is 3.27. The molecule has 0 saturated carbocycles. The Morgan fingerprint density at radius 1 is 1.32 bits per heavy atom. The maximum absolute atomic E-state index is 12.7.